The van der Waals surface area contributed by atoms with Gasteiger partial charge in [-0.25, -0.2) is 0 Å². The fourth-order valence-corrected chi connectivity index (χ4v) is 1.30. The Kier molecular flexibility index (Phi) is 4.25. The van der Waals surface area contributed by atoms with Crippen molar-refractivity contribution in [2.24, 2.45) is 10.7 Å². The van der Waals surface area contributed by atoms with E-state index >= 15 is 0 Å². The largest absolute Gasteiger partial charge is 0.328 e. The molecule has 1 rings (SSSR count). The number of nitrogens with two attached hydrogens (primary N) is 1. The van der Waals surface area contributed by atoms with Gasteiger partial charge in [0.15, 0.2) is 0 Å². The standard InChI is InChI=1S/C13H18N2/c1-10(2)15-9-13-6-4-12(5-7-13)8-11(3)14/h4-7,9,11H,1,8,14H2,2-3H3. The molecule has 2 nitrogen and oxygen atoms in total. The lowest BCUT2D eigenvalue weighted by Crippen LogP contribution is -2.17. The van der Waals surface area contributed by atoms with Crippen LogP contribution in [0.15, 0.2) is 41.5 Å². The van der Waals surface area contributed by atoms with Crippen molar-refractivity contribution in [1.82, 2.24) is 0 Å². The molecule has 80 valence electrons. The van der Waals surface area contributed by atoms with Crippen LogP contribution in [0.25, 0.3) is 0 Å². The molecule has 0 fully saturated rings. The highest BCUT2D eigenvalue weighted by molar-refractivity contribution is 5.80. The van der Waals surface area contributed by atoms with Crippen molar-refractivity contribution in [3.8, 4) is 0 Å². The van der Waals surface area contributed by atoms with E-state index in [1.807, 2.05) is 32.2 Å². The highest BCUT2D eigenvalue weighted by Crippen LogP contribution is 2.05. The van der Waals surface area contributed by atoms with Crippen LogP contribution in [0, 0.1) is 0 Å². The maximum absolute atomic E-state index is 5.72. The molecule has 0 aliphatic rings. The molecule has 1 aromatic rings. The summed E-state index contributed by atoms with van der Waals surface area (Å²) in [5.74, 6) is 0. The summed E-state index contributed by atoms with van der Waals surface area (Å²) < 4.78 is 0. The Bertz CT molecular complexity index is 347. The van der Waals surface area contributed by atoms with Crippen LogP contribution in [0.2, 0.25) is 0 Å². The maximum Gasteiger partial charge on any atom is 0.0343 e. The molecule has 0 saturated heterocycles. The Hall–Kier alpha value is -1.41. The SMILES string of the molecule is C=C(C)N=Cc1ccc(CC(C)N)cc1. The summed E-state index contributed by atoms with van der Waals surface area (Å²) in [4.78, 5) is 4.14. The number of nitrogens with zero attached hydrogens (tertiary/aromatic N) is 1. The van der Waals surface area contributed by atoms with Crippen molar-refractivity contribution >= 4 is 6.21 Å². The van der Waals surface area contributed by atoms with Crippen LogP contribution in [-0.2, 0) is 6.42 Å². The van der Waals surface area contributed by atoms with Crippen LogP contribution in [0.5, 0.6) is 0 Å². The number of allylic oxidation sites excluding steroid dienone is 1. The molecule has 0 amide bonds. The number of hydrogen-bond donors (Lipinski definition) is 1. The molecule has 0 saturated carbocycles. The van der Waals surface area contributed by atoms with Crippen LogP contribution < -0.4 is 5.73 Å². The van der Waals surface area contributed by atoms with Crippen molar-refractivity contribution in [3.63, 3.8) is 0 Å². The lowest BCUT2D eigenvalue weighted by atomic mass is 10.1. The van der Waals surface area contributed by atoms with E-state index in [1.165, 1.54) is 5.56 Å². The summed E-state index contributed by atoms with van der Waals surface area (Å²) >= 11 is 0. The minimum absolute atomic E-state index is 0.208. The number of benzene rings is 1. The van der Waals surface area contributed by atoms with Gasteiger partial charge >= 0.3 is 0 Å². The molecule has 2 N–H and O–H groups in total. The van der Waals surface area contributed by atoms with Crippen LogP contribution in [0.4, 0.5) is 0 Å². The first kappa shape index (κ1) is 11.7. The highest BCUT2D eigenvalue weighted by Gasteiger charge is 1.96. The second kappa shape index (κ2) is 5.47. The zero-order chi connectivity index (χ0) is 11.3. The zero-order valence-corrected chi connectivity index (χ0v) is 9.40. The number of aliphatic imine (C=N–C) groups is 1. The Morgan fingerprint density at radius 1 is 1.47 bits per heavy atom. The number of rotatable bonds is 4. The second-order valence-corrected chi connectivity index (χ2v) is 3.92. The average molecular weight is 202 g/mol. The monoisotopic (exact) mass is 202 g/mol. The Balaban J connectivity index is 2.68. The van der Waals surface area contributed by atoms with Gasteiger partial charge < -0.3 is 5.73 Å². The Labute approximate surface area is 91.5 Å². The summed E-state index contributed by atoms with van der Waals surface area (Å²) in [7, 11) is 0. The smallest absolute Gasteiger partial charge is 0.0343 e. The zero-order valence-electron chi connectivity index (χ0n) is 9.40. The number of hydrogen-bond acceptors (Lipinski definition) is 2. The molecule has 0 spiro atoms. The van der Waals surface area contributed by atoms with Crippen molar-refractivity contribution in [1.29, 1.82) is 0 Å². The van der Waals surface area contributed by atoms with Gasteiger partial charge in [-0.15, -0.1) is 0 Å². The fourth-order valence-electron chi connectivity index (χ4n) is 1.30. The van der Waals surface area contributed by atoms with E-state index in [9.17, 15) is 0 Å². The summed E-state index contributed by atoms with van der Waals surface area (Å²) in [5.41, 5.74) is 8.89. The fraction of sp³-hybridized carbons (Fsp3) is 0.308. The molecule has 1 aromatic carbocycles. The molecule has 0 aliphatic heterocycles. The molecule has 0 heterocycles. The third-order valence-electron chi connectivity index (χ3n) is 1.97. The van der Waals surface area contributed by atoms with Gasteiger partial charge in [-0.05, 0) is 31.4 Å². The molecule has 1 unspecified atom stereocenters. The molecular weight excluding hydrogens is 184 g/mol. The van der Waals surface area contributed by atoms with E-state index in [0.717, 1.165) is 17.7 Å². The van der Waals surface area contributed by atoms with E-state index in [-0.39, 0.29) is 6.04 Å². The first-order valence-corrected chi connectivity index (χ1v) is 5.12. The van der Waals surface area contributed by atoms with Crippen molar-refractivity contribution < 1.29 is 0 Å². The first-order valence-electron chi connectivity index (χ1n) is 5.12. The predicted molar refractivity (Wildman–Crippen MR) is 66.2 cm³/mol. The molecule has 15 heavy (non-hydrogen) atoms. The van der Waals surface area contributed by atoms with Gasteiger partial charge in [0.05, 0.1) is 0 Å². The molecule has 0 aromatic heterocycles. The van der Waals surface area contributed by atoms with Crippen LogP contribution in [0.3, 0.4) is 0 Å². The molecule has 0 aliphatic carbocycles. The lowest BCUT2D eigenvalue weighted by molar-refractivity contribution is 0.738. The third kappa shape index (κ3) is 4.56. The van der Waals surface area contributed by atoms with Gasteiger partial charge in [-0.1, -0.05) is 30.8 Å². The van der Waals surface area contributed by atoms with E-state index < -0.39 is 0 Å². The van der Waals surface area contributed by atoms with Crippen molar-refractivity contribution in [2.75, 3.05) is 0 Å². The van der Waals surface area contributed by atoms with E-state index in [1.54, 1.807) is 0 Å². The minimum Gasteiger partial charge on any atom is -0.328 e. The summed E-state index contributed by atoms with van der Waals surface area (Å²) in [6.07, 6.45) is 2.73. The third-order valence-corrected chi connectivity index (χ3v) is 1.97. The summed E-state index contributed by atoms with van der Waals surface area (Å²) in [6.45, 7) is 7.60. The highest BCUT2D eigenvalue weighted by atomic mass is 14.7. The quantitative estimate of drug-likeness (QED) is 0.749. The lowest BCUT2D eigenvalue weighted by Gasteiger charge is -2.04. The molecule has 0 radical (unpaired) electrons. The molecular formula is C13H18N2. The van der Waals surface area contributed by atoms with Gasteiger partial charge in [0.2, 0.25) is 0 Å². The Morgan fingerprint density at radius 2 is 2.07 bits per heavy atom. The normalized spacial score (nSPS) is 13.0. The average Bonchev–Trinajstić information content (AvgIpc) is 2.16. The van der Waals surface area contributed by atoms with Crippen LogP contribution in [-0.4, -0.2) is 12.3 Å². The second-order valence-electron chi connectivity index (χ2n) is 3.92. The van der Waals surface area contributed by atoms with Crippen molar-refractivity contribution in [3.05, 3.63) is 47.7 Å². The summed E-state index contributed by atoms with van der Waals surface area (Å²) in [6, 6.07) is 8.47. The van der Waals surface area contributed by atoms with Crippen molar-refractivity contribution in [2.45, 2.75) is 26.3 Å². The minimum atomic E-state index is 0.208. The van der Waals surface area contributed by atoms with Crippen LogP contribution in [0.1, 0.15) is 25.0 Å². The van der Waals surface area contributed by atoms with E-state index in [4.69, 9.17) is 5.73 Å². The van der Waals surface area contributed by atoms with E-state index in [2.05, 4.69) is 23.7 Å². The summed E-state index contributed by atoms with van der Waals surface area (Å²) in [5, 5.41) is 0. The van der Waals surface area contributed by atoms with Gasteiger partial charge in [-0.3, -0.25) is 4.99 Å². The van der Waals surface area contributed by atoms with E-state index in [0.29, 0.717) is 0 Å². The van der Waals surface area contributed by atoms with Crippen LogP contribution >= 0.6 is 0 Å². The topological polar surface area (TPSA) is 38.4 Å². The van der Waals surface area contributed by atoms with Gasteiger partial charge in [-0.2, -0.15) is 0 Å². The predicted octanol–water partition coefficient (Wildman–Crippen LogP) is 2.53. The first-order chi connectivity index (χ1) is 7.08. The van der Waals surface area contributed by atoms with Gasteiger partial charge in [0.25, 0.3) is 0 Å². The Morgan fingerprint density at radius 3 is 2.53 bits per heavy atom. The molecule has 2 heteroatoms. The van der Waals surface area contributed by atoms with Gasteiger partial charge in [0, 0.05) is 18.0 Å². The van der Waals surface area contributed by atoms with Gasteiger partial charge in [0.1, 0.15) is 0 Å². The maximum atomic E-state index is 5.72. The molecule has 0 bridgehead atoms. The molecule has 1 atom stereocenters.